The molecule has 0 radical (unpaired) electrons. The lowest BCUT2D eigenvalue weighted by Gasteiger charge is -2.20. The van der Waals surface area contributed by atoms with Gasteiger partial charge in [0, 0.05) is 18.4 Å². The average Bonchev–Trinajstić information content (AvgIpc) is 3.48. The van der Waals surface area contributed by atoms with Gasteiger partial charge in [0.15, 0.2) is 11.6 Å². The van der Waals surface area contributed by atoms with Crippen LogP contribution < -0.4 is 11.1 Å². The van der Waals surface area contributed by atoms with Gasteiger partial charge in [-0.25, -0.2) is 9.48 Å². The highest BCUT2D eigenvalue weighted by Gasteiger charge is 2.29. The summed E-state index contributed by atoms with van der Waals surface area (Å²) in [5.41, 5.74) is 10.7. The lowest BCUT2D eigenvalue weighted by Crippen LogP contribution is -2.29. The predicted molar refractivity (Wildman–Crippen MR) is 136 cm³/mol. The number of carbonyl (C=O) groups excluding carboxylic acids is 2. The summed E-state index contributed by atoms with van der Waals surface area (Å²) in [4.78, 5) is 25.2. The van der Waals surface area contributed by atoms with Crippen LogP contribution in [-0.4, -0.2) is 45.2 Å². The largest absolute Gasteiger partial charge is 0.449 e. The fourth-order valence-corrected chi connectivity index (χ4v) is 4.79. The van der Waals surface area contributed by atoms with Gasteiger partial charge in [0.25, 0.3) is 0 Å². The highest BCUT2D eigenvalue weighted by Crippen LogP contribution is 2.44. The lowest BCUT2D eigenvalue weighted by atomic mass is 9.97. The normalized spacial score (nSPS) is 14.2. The number of benzene rings is 2. The fraction of sp³-hybridized carbons (Fsp3) is 0.444. The Bertz CT molecular complexity index is 1160. The molecule has 9 nitrogen and oxygen atoms in total. The zero-order valence-electron chi connectivity index (χ0n) is 21.1. The smallest absolute Gasteiger partial charge is 0.407 e. The Kier molecular flexibility index (Phi) is 8.10. The number of tetrazole rings is 1. The molecule has 0 spiro atoms. The number of ether oxygens (including phenoxy) is 1. The Balaban J connectivity index is 1.26. The number of carbonyl (C=O) groups is 2. The number of fused-ring (bicyclic) bond motifs is 3. The first-order chi connectivity index (χ1) is 17.4. The van der Waals surface area contributed by atoms with Crippen molar-refractivity contribution in [3.63, 3.8) is 0 Å². The summed E-state index contributed by atoms with van der Waals surface area (Å²) in [5.74, 6) is 0.430. The molecule has 0 saturated carbocycles. The molecular weight excluding hydrogens is 456 g/mol. The summed E-state index contributed by atoms with van der Waals surface area (Å²) in [7, 11) is 0. The van der Waals surface area contributed by atoms with Crippen LogP contribution in [0.25, 0.3) is 11.1 Å². The third-order valence-corrected chi connectivity index (χ3v) is 6.64. The third-order valence-electron chi connectivity index (χ3n) is 6.64. The topological polar surface area (TPSA) is 125 Å². The molecule has 0 saturated heterocycles. The number of aromatic nitrogens is 4. The molecule has 190 valence electrons. The average molecular weight is 491 g/mol. The molecule has 1 aliphatic rings. The molecule has 1 aliphatic carbocycles. The van der Waals surface area contributed by atoms with Crippen LogP contribution in [0.1, 0.15) is 75.0 Å². The first kappa shape index (κ1) is 25.5. The molecule has 0 unspecified atom stereocenters. The van der Waals surface area contributed by atoms with Crippen molar-refractivity contribution in [2.24, 2.45) is 11.7 Å². The Morgan fingerprint density at radius 1 is 1.03 bits per heavy atom. The van der Waals surface area contributed by atoms with E-state index in [9.17, 15) is 9.59 Å². The van der Waals surface area contributed by atoms with E-state index in [1.54, 1.807) is 11.6 Å². The highest BCUT2D eigenvalue weighted by atomic mass is 16.5. The summed E-state index contributed by atoms with van der Waals surface area (Å²) < 4.78 is 7.14. The van der Waals surface area contributed by atoms with Gasteiger partial charge in [0.1, 0.15) is 12.6 Å². The molecular formula is C27H34N6O3. The van der Waals surface area contributed by atoms with Crippen LogP contribution in [0.5, 0.6) is 0 Å². The maximum Gasteiger partial charge on any atom is 0.407 e. The predicted octanol–water partition coefficient (Wildman–Crippen LogP) is 4.17. The fourth-order valence-electron chi connectivity index (χ4n) is 4.79. The Morgan fingerprint density at radius 3 is 2.28 bits per heavy atom. The summed E-state index contributed by atoms with van der Waals surface area (Å²) in [6, 6.07) is 15.6. The summed E-state index contributed by atoms with van der Waals surface area (Å²) >= 11 is 0. The van der Waals surface area contributed by atoms with Crippen molar-refractivity contribution in [2.75, 3.05) is 13.2 Å². The van der Waals surface area contributed by atoms with Gasteiger partial charge in [-0.2, -0.15) is 0 Å². The number of hydrogen-bond donors (Lipinski definition) is 2. The maximum absolute atomic E-state index is 12.8. The van der Waals surface area contributed by atoms with E-state index in [4.69, 9.17) is 10.5 Å². The van der Waals surface area contributed by atoms with Crippen LogP contribution in [0.2, 0.25) is 0 Å². The zero-order valence-corrected chi connectivity index (χ0v) is 21.1. The van der Waals surface area contributed by atoms with Crippen LogP contribution in [0, 0.1) is 5.92 Å². The van der Waals surface area contributed by atoms with Gasteiger partial charge in [-0.15, -0.1) is 5.10 Å². The molecule has 2 aromatic carbocycles. The molecule has 2 atom stereocenters. The van der Waals surface area contributed by atoms with Gasteiger partial charge in [0.2, 0.25) is 0 Å². The molecule has 1 heterocycles. The van der Waals surface area contributed by atoms with E-state index in [-0.39, 0.29) is 30.3 Å². The SMILES string of the molecule is CC(C)C(=O)[C@H](CCCCNC(=O)OCC1c2ccccc2-c2ccccc21)n1nnnc1[C@H](C)N. The first-order valence-corrected chi connectivity index (χ1v) is 12.5. The first-order valence-electron chi connectivity index (χ1n) is 12.5. The summed E-state index contributed by atoms with van der Waals surface area (Å²) in [5, 5.41) is 14.5. The molecule has 36 heavy (non-hydrogen) atoms. The Morgan fingerprint density at radius 2 is 1.67 bits per heavy atom. The standard InChI is InChI=1S/C27H34N6O3/c1-17(2)25(34)24(33-26(18(3)28)30-31-32-33)14-8-9-15-29-27(35)36-16-23-21-12-6-4-10-19(21)20-11-5-7-13-22(20)23/h4-7,10-13,17-18,23-24H,8-9,14-16,28H2,1-3H3,(H,29,35)/t18-,24-/m0/s1. The molecule has 0 fully saturated rings. The van der Waals surface area contributed by atoms with E-state index >= 15 is 0 Å². The van der Waals surface area contributed by atoms with Gasteiger partial charge in [0.05, 0.1) is 6.04 Å². The van der Waals surface area contributed by atoms with E-state index in [1.165, 1.54) is 22.3 Å². The zero-order chi connectivity index (χ0) is 25.7. The quantitative estimate of drug-likeness (QED) is 0.387. The van der Waals surface area contributed by atoms with Gasteiger partial charge in [-0.05, 0) is 58.9 Å². The van der Waals surface area contributed by atoms with Crippen LogP contribution in [0.3, 0.4) is 0 Å². The minimum absolute atomic E-state index is 0.0291. The highest BCUT2D eigenvalue weighted by molar-refractivity contribution is 5.84. The number of nitrogens with zero attached hydrogens (tertiary/aromatic N) is 4. The molecule has 4 rings (SSSR count). The third kappa shape index (κ3) is 5.46. The van der Waals surface area contributed by atoms with Crippen LogP contribution >= 0.6 is 0 Å². The minimum Gasteiger partial charge on any atom is -0.449 e. The van der Waals surface area contributed by atoms with Gasteiger partial charge in [-0.1, -0.05) is 62.4 Å². The van der Waals surface area contributed by atoms with Crippen molar-refractivity contribution in [1.29, 1.82) is 0 Å². The van der Waals surface area contributed by atoms with Gasteiger partial charge in [-0.3, -0.25) is 4.79 Å². The number of nitrogens with two attached hydrogens (primary N) is 1. The number of nitrogens with one attached hydrogen (secondary N) is 1. The maximum atomic E-state index is 12.8. The number of ketones is 1. The number of hydrogen-bond acceptors (Lipinski definition) is 7. The van der Waals surface area contributed by atoms with E-state index in [1.807, 2.05) is 38.1 Å². The van der Waals surface area contributed by atoms with E-state index in [2.05, 4.69) is 45.1 Å². The summed E-state index contributed by atoms with van der Waals surface area (Å²) in [6.07, 6.45) is 1.53. The minimum atomic E-state index is -0.476. The van der Waals surface area contributed by atoms with Crippen LogP contribution in [0.4, 0.5) is 4.79 Å². The second-order valence-electron chi connectivity index (χ2n) is 9.59. The molecule has 9 heteroatoms. The van der Waals surface area contributed by atoms with Crippen molar-refractivity contribution < 1.29 is 14.3 Å². The van der Waals surface area contributed by atoms with Crippen LogP contribution in [0.15, 0.2) is 48.5 Å². The van der Waals surface area contributed by atoms with Crippen molar-refractivity contribution >= 4 is 11.9 Å². The Hall–Kier alpha value is -3.59. The van der Waals surface area contributed by atoms with Gasteiger partial charge >= 0.3 is 6.09 Å². The monoisotopic (exact) mass is 490 g/mol. The van der Waals surface area contributed by atoms with Crippen LogP contribution in [-0.2, 0) is 9.53 Å². The second kappa shape index (κ2) is 11.4. The van der Waals surface area contributed by atoms with Gasteiger partial charge < -0.3 is 15.8 Å². The van der Waals surface area contributed by atoms with Crippen molar-refractivity contribution in [2.45, 2.75) is 58.0 Å². The van der Waals surface area contributed by atoms with Crippen molar-refractivity contribution in [3.05, 3.63) is 65.5 Å². The number of rotatable bonds is 11. The molecule has 0 aliphatic heterocycles. The lowest BCUT2D eigenvalue weighted by molar-refractivity contribution is -0.125. The molecule has 0 bridgehead atoms. The Labute approximate surface area is 211 Å². The van der Waals surface area contributed by atoms with E-state index in [0.717, 1.165) is 0 Å². The van der Waals surface area contributed by atoms with E-state index < -0.39 is 12.1 Å². The second-order valence-corrected chi connectivity index (χ2v) is 9.59. The summed E-state index contributed by atoms with van der Waals surface area (Å²) in [6.45, 7) is 6.25. The van der Waals surface area contributed by atoms with E-state index in [0.29, 0.717) is 31.6 Å². The molecule has 3 aromatic rings. The molecule has 1 amide bonds. The number of alkyl carbamates (subject to hydrolysis) is 1. The molecule has 3 N–H and O–H groups in total. The van der Waals surface area contributed by atoms with Crippen molar-refractivity contribution in [3.8, 4) is 11.1 Å². The number of unbranched alkanes of at least 4 members (excludes halogenated alkanes) is 1. The van der Waals surface area contributed by atoms with Crippen molar-refractivity contribution in [1.82, 2.24) is 25.5 Å². The number of Topliss-reactive ketones (excluding diaryl/α,β-unsaturated/α-hetero) is 1. The number of amides is 1. The molecule has 1 aromatic heterocycles.